The van der Waals surface area contributed by atoms with Gasteiger partial charge in [0.1, 0.15) is 5.65 Å². The Morgan fingerprint density at radius 3 is 3.00 bits per heavy atom. The van der Waals surface area contributed by atoms with Crippen molar-refractivity contribution in [1.29, 1.82) is 0 Å². The van der Waals surface area contributed by atoms with E-state index in [1.54, 1.807) is 6.07 Å². The number of hydrogen-bond acceptors (Lipinski definition) is 4. The van der Waals surface area contributed by atoms with E-state index in [0.29, 0.717) is 10.9 Å². The van der Waals surface area contributed by atoms with Gasteiger partial charge in [0.2, 0.25) is 0 Å². The van der Waals surface area contributed by atoms with Crippen LogP contribution in [-0.2, 0) is 12.2 Å². The Hall–Kier alpha value is -2.08. The molecule has 0 fully saturated rings. The number of aryl methyl sites for hydroxylation is 1. The molecule has 0 saturated carbocycles. The van der Waals surface area contributed by atoms with Crippen LogP contribution in [0.2, 0.25) is 0 Å². The first-order valence-electron chi connectivity index (χ1n) is 6.90. The van der Waals surface area contributed by atoms with Crippen LogP contribution in [0.4, 0.5) is 0 Å². The molecule has 3 aromatic heterocycles. The molecule has 0 saturated heterocycles. The zero-order valence-corrected chi connectivity index (χ0v) is 12.6. The van der Waals surface area contributed by atoms with Crippen molar-refractivity contribution in [1.82, 2.24) is 19.4 Å². The molecule has 0 unspecified atom stereocenters. The van der Waals surface area contributed by atoms with Crippen molar-refractivity contribution in [2.75, 3.05) is 0 Å². The lowest BCUT2D eigenvalue weighted by molar-refractivity contribution is 0.815. The summed E-state index contributed by atoms with van der Waals surface area (Å²) in [5.41, 5.74) is 2.65. The minimum atomic E-state index is -0.0917. The molecule has 3 heterocycles. The molecule has 0 radical (unpaired) electrons. The average Bonchev–Trinajstić information content (AvgIpc) is 2.88. The molecule has 0 bridgehead atoms. The van der Waals surface area contributed by atoms with Crippen LogP contribution in [0.3, 0.4) is 0 Å². The van der Waals surface area contributed by atoms with E-state index in [1.807, 2.05) is 35.0 Å². The number of pyridine rings is 1. The minimum Gasteiger partial charge on any atom is -0.307 e. The van der Waals surface area contributed by atoms with Crippen LogP contribution in [0.25, 0.3) is 5.65 Å². The molecule has 108 valence electrons. The van der Waals surface area contributed by atoms with Crippen LogP contribution in [-0.4, -0.2) is 19.4 Å². The maximum atomic E-state index is 11.6. The van der Waals surface area contributed by atoms with Crippen LogP contribution in [0.1, 0.15) is 24.7 Å². The summed E-state index contributed by atoms with van der Waals surface area (Å²) in [6.45, 7) is 2.08. The molecule has 0 aliphatic rings. The van der Waals surface area contributed by atoms with Crippen molar-refractivity contribution in [3.63, 3.8) is 0 Å². The number of aromatic amines is 1. The second kappa shape index (κ2) is 6.13. The van der Waals surface area contributed by atoms with E-state index in [9.17, 15) is 4.79 Å². The summed E-state index contributed by atoms with van der Waals surface area (Å²) in [5.74, 6) is 0.681. The van der Waals surface area contributed by atoms with Gasteiger partial charge in [-0.05, 0) is 18.6 Å². The van der Waals surface area contributed by atoms with Crippen LogP contribution < -0.4 is 5.56 Å². The molecule has 0 spiro atoms. The molecule has 6 heteroatoms. The minimum absolute atomic E-state index is 0.0917. The van der Waals surface area contributed by atoms with Gasteiger partial charge in [0.25, 0.3) is 5.56 Å². The van der Waals surface area contributed by atoms with E-state index in [0.717, 1.165) is 29.9 Å². The van der Waals surface area contributed by atoms with Crippen LogP contribution in [0, 0.1) is 0 Å². The van der Waals surface area contributed by atoms with Crippen molar-refractivity contribution in [2.24, 2.45) is 0 Å². The maximum absolute atomic E-state index is 11.6. The Labute approximate surface area is 126 Å². The van der Waals surface area contributed by atoms with Crippen molar-refractivity contribution in [2.45, 2.75) is 30.7 Å². The van der Waals surface area contributed by atoms with Gasteiger partial charge in [-0.25, -0.2) is 9.97 Å². The third-order valence-electron chi connectivity index (χ3n) is 3.05. The lowest BCUT2D eigenvalue weighted by Gasteiger charge is -2.01. The molecule has 1 N–H and O–H groups in total. The van der Waals surface area contributed by atoms with Gasteiger partial charge >= 0.3 is 0 Å². The molecule has 5 nitrogen and oxygen atoms in total. The second-order valence-corrected chi connectivity index (χ2v) is 5.74. The third kappa shape index (κ3) is 3.33. The summed E-state index contributed by atoms with van der Waals surface area (Å²) in [4.78, 5) is 23.4. The molecule has 0 amide bonds. The number of aromatic nitrogens is 4. The van der Waals surface area contributed by atoms with E-state index in [1.165, 1.54) is 11.8 Å². The van der Waals surface area contributed by atoms with Crippen molar-refractivity contribution >= 4 is 17.4 Å². The lowest BCUT2D eigenvalue weighted by atomic mass is 10.2. The Kier molecular flexibility index (Phi) is 4.06. The highest BCUT2D eigenvalue weighted by Crippen LogP contribution is 2.18. The third-order valence-corrected chi connectivity index (χ3v) is 3.96. The topological polar surface area (TPSA) is 63.0 Å². The summed E-state index contributed by atoms with van der Waals surface area (Å²) < 4.78 is 1.99. The van der Waals surface area contributed by atoms with E-state index < -0.39 is 0 Å². The summed E-state index contributed by atoms with van der Waals surface area (Å²) in [7, 11) is 0. The Morgan fingerprint density at radius 2 is 2.19 bits per heavy atom. The average molecular weight is 300 g/mol. The Bertz CT molecular complexity index is 776. The van der Waals surface area contributed by atoms with Gasteiger partial charge in [0.05, 0.1) is 5.69 Å². The summed E-state index contributed by atoms with van der Waals surface area (Å²) in [5, 5.41) is 0.656. The highest BCUT2D eigenvalue weighted by atomic mass is 32.2. The quantitative estimate of drug-likeness (QED) is 0.581. The smallest absolute Gasteiger partial charge is 0.251 e. The van der Waals surface area contributed by atoms with Gasteiger partial charge in [0.15, 0.2) is 5.16 Å². The number of fused-ring (bicyclic) bond motifs is 1. The van der Waals surface area contributed by atoms with Crippen molar-refractivity contribution < 1.29 is 0 Å². The highest BCUT2D eigenvalue weighted by Gasteiger charge is 2.05. The van der Waals surface area contributed by atoms with Crippen LogP contribution in [0.15, 0.2) is 46.6 Å². The highest BCUT2D eigenvalue weighted by molar-refractivity contribution is 7.98. The molecule has 3 rings (SSSR count). The van der Waals surface area contributed by atoms with Crippen LogP contribution in [0.5, 0.6) is 0 Å². The predicted octanol–water partition coefficient (Wildman–Crippen LogP) is 2.66. The Balaban J connectivity index is 1.76. The number of rotatable bonds is 5. The monoisotopic (exact) mass is 300 g/mol. The Morgan fingerprint density at radius 1 is 1.29 bits per heavy atom. The number of nitrogens with one attached hydrogen (secondary N) is 1. The number of H-pyrrole nitrogens is 1. The van der Waals surface area contributed by atoms with Gasteiger partial charge in [0, 0.05) is 29.9 Å². The van der Waals surface area contributed by atoms with Gasteiger partial charge in [-0.1, -0.05) is 31.2 Å². The molecular weight excluding hydrogens is 284 g/mol. The largest absolute Gasteiger partial charge is 0.307 e. The SMILES string of the molecule is CCCc1cc(=O)[nH]c(SCc2cn3ccccc3n2)n1. The second-order valence-electron chi connectivity index (χ2n) is 4.78. The first-order valence-corrected chi connectivity index (χ1v) is 7.89. The number of hydrogen-bond donors (Lipinski definition) is 1. The van der Waals surface area contributed by atoms with Gasteiger partial charge in [-0.15, -0.1) is 0 Å². The molecular formula is C15H16N4OS. The van der Waals surface area contributed by atoms with E-state index >= 15 is 0 Å². The van der Waals surface area contributed by atoms with Gasteiger partial charge < -0.3 is 9.38 Å². The number of imidazole rings is 1. The molecule has 0 aliphatic carbocycles. The predicted molar refractivity (Wildman–Crippen MR) is 83.6 cm³/mol. The van der Waals surface area contributed by atoms with E-state index in [2.05, 4.69) is 21.9 Å². The van der Waals surface area contributed by atoms with Gasteiger partial charge in [-0.2, -0.15) is 0 Å². The summed E-state index contributed by atoms with van der Waals surface area (Å²) >= 11 is 1.50. The number of nitrogens with zero attached hydrogens (tertiary/aromatic N) is 3. The lowest BCUT2D eigenvalue weighted by Crippen LogP contribution is -2.09. The molecule has 0 aliphatic heterocycles. The van der Waals surface area contributed by atoms with Crippen LogP contribution >= 0.6 is 11.8 Å². The molecule has 0 atom stereocenters. The normalized spacial score (nSPS) is 11.1. The molecule has 0 aromatic carbocycles. The molecule has 21 heavy (non-hydrogen) atoms. The van der Waals surface area contributed by atoms with Crippen molar-refractivity contribution in [3.8, 4) is 0 Å². The summed E-state index contributed by atoms with van der Waals surface area (Å²) in [6, 6.07) is 7.47. The first-order chi connectivity index (χ1) is 10.2. The summed E-state index contributed by atoms with van der Waals surface area (Å²) in [6.07, 6.45) is 5.77. The molecule has 3 aromatic rings. The standard InChI is InChI=1S/C15H16N4OS/c1-2-5-11-8-14(20)18-15(17-11)21-10-12-9-19-7-4-3-6-13(19)16-12/h3-4,6-9H,2,5,10H2,1H3,(H,17,18,20). The number of thioether (sulfide) groups is 1. The maximum Gasteiger partial charge on any atom is 0.251 e. The fourth-order valence-corrected chi connectivity index (χ4v) is 2.91. The first kappa shape index (κ1) is 13.9. The van der Waals surface area contributed by atoms with Crippen molar-refractivity contribution in [3.05, 3.63) is 58.4 Å². The van der Waals surface area contributed by atoms with E-state index in [-0.39, 0.29) is 5.56 Å². The van der Waals surface area contributed by atoms with Gasteiger partial charge in [-0.3, -0.25) is 4.79 Å². The van der Waals surface area contributed by atoms with E-state index in [4.69, 9.17) is 0 Å². The zero-order chi connectivity index (χ0) is 14.7. The fraction of sp³-hybridized carbons (Fsp3) is 0.267. The fourth-order valence-electron chi connectivity index (χ4n) is 2.14. The zero-order valence-electron chi connectivity index (χ0n) is 11.7.